The number of fused-ring (bicyclic) bond motifs is 1. The first-order valence-electron chi connectivity index (χ1n) is 7.38. The Hall–Kier alpha value is -2.04. The molecule has 114 valence electrons. The second-order valence-corrected chi connectivity index (χ2v) is 5.71. The Labute approximate surface area is 125 Å². The van der Waals surface area contributed by atoms with E-state index in [9.17, 15) is 9.59 Å². The van der Waals surface area contributed by atoms with Gasteiger partial charge in [-0.25, -0.2) is 4.79 Å². The molecule has 0 atom stereocenters. The van der Waals surface area contributed by atoms with Gasteiger partial charge in [0.15, 0.2) is 0 Å². The minimum absolute atomic E-state index is 0.0549. The lowest BCUT2D eigenvalue weighted by molar-refractivity contribution is -0.121. The normalized spacial score (nSPS) is 14.0. The number of aryl methyl sites for hydroxylation is 1. The van der Waals surface area contributed by atoms with Gasteiger partial charge in [0.2, 0.25) is 5.91 Å². The SMILES string of the molecule is CC(C)NC(=O)CCN1CCCc2cc(C(=O)O)ccc21. The fourth-order valence-corrected chi connectivity index (χ4v) is 2.67. The van der Waals surface area contributed by atoms with Gasteiger partial charge in [-0.2, -0.15) is 0 Å². The average Bonchev–Trinajstić information content (AvgIpc) is 2.43. The summed E-state index contributed by atoms with van der Waals surface area (Å²) in [7, 11) is 0. The molecule has 1 aliphatic heterocycles. The van der Waals surface area contributed by atoms with E-state index in [1.165, 1.54) is 0 Å². The van der Waals surface area contributed by atoms with Gasteiger partial charge in [-0.1, -0.05) is 0 Å². The molecule has 5 heteroatoms. The van der Waals surface area contributed by atoms with E-state index in [-0.39, 0.29) is 11.9 Å². The average molecular weight is 290 g/mol. The largest absolute Gasteiger partial charge is 0.478 e. The van der Waals surface area contributed by atoms with Gasteiger partial charge in [-0.15, -0.1) is 0 Å². The van der Waals surface area contributed by atoms with E-state index in [2.05, 4.69) is 10.2 Å². The molecule has 0 saturated heterocycles. The molecule has 1 aromatic carbocycles. The van der Waals surface area contributed by atoms with E-state index in [4.69, 9.17) is 5.11 Å². The molecule has 0 saturated carbocycles. The number of benzene rings is 1. The number of aromatic carboxylic acids is 1. The maximum atomic E-state index is 11.7. The Kier molecular flexibility index (Phi) is 4.83. The van der Waals surface area contributed by atoms with Crippen LogP contribution in [0.5, 0.6) is 0 Å². The quantitative estimate of drug-likeness (QED) is 0.871. The Bertz CT molecular complexity index is 540. The van der Waals surface area contributed by atoms with Crippen molar-refractivity contribution in [2.75, 3.05) is 18.0 Å². The number of rotatable bonds is 5. The van der Waals surface area contributed by atoms with E-state index in [0.29, 0.717) is 18.5 Å². The fourth-order valence-electron chi connectivity index (χ4n) is 2.67. The number of carboxylic acid groups (broad SMARTS) is 1. The second kappa shape index (κ2) is 6.61. The molecule has 0 radical (unpaired) electrons. The molecule has 2 rings (SSSR count). The lowest BCUT2D eigenvalue weighted by Gasteiger charge is -2.31. The van der Waals surface area contributed by atoms with Gasteiger partial charge in [0.05, 0.1) is 5.56 Å². The molecule has 1 amide bonds. The number of amides is 1. The number of anilines is 1. The third-order valence-corrected chi connectivity index (χ3v) is 3.60. The standard InChI is InChI=1S/C16H22N2O3/c1-11(2)17-15(19)7-9-18-8-3-4-12-10-13(16(20)21)5-6-14(12)18/h5-6,10-11H,3-4,7-9H2,1-2H3,(H,17,19)(H,20,21). The Morgan fingerprint density at radius 2 is 2.14 bits per heavy atom. The summed E-state index contributed by atoms with van der Waals surface area (Å²) in [5, 5.41) is 11.9. The molecule has 0 fully saturated rings. The van der Waals surface area contributed by atoms with Gasteiger partial charge in [-0.3, -0.25) is 4.79 Å². The Morgan fingerprint density at radius 3 is 2.81 bits per heavy atom. The number of nitrogens with one attached hydrogen (secondary N) is 1. The summed E-state index contributed by atoms with van der Waals surface area (Å²) in [5.41, 5.74) is 2.45. The summed E-state index contributed by atoms with van der Waals surface area (Å²) >= 11 is 0. The first-order valence-corrected chi connectivity index (χ1v) is 7.38. The van der Waals surface area contributed by atoms with Gasteiger partial charge >= 0.3 is 5.97 Å². The molecule has 2 N–H and O–H groups in total. The third-order valence-electron chi connectivity index (χ3n) is 3.60. The van der Waals surface area contributed by atoms with Gasteiger partial charge in [0.1, 0.15) is 0 Å². The highest BCUT2D eigenvalue weighted by molar-refractivity contribution is 5.88. The van der Waals surface area contributed by atoms with E-state index < -0.39 is 5.97 Å². The number of carboxylic acids is 1. The molecule has 0 unspecified atom stereocenters. The van der Waals surface area contributed by atoms with Crippen LogP contribution in [0.2, 0.25) is 0 Å². The third kappa shape index (κ3) is 3.97. The summed E-state index contributed by atoms with van der Waals surface area (Å²) in [6.45, 7) is 5.47. The Balaban J connectivity index is 2.05. The van der Waals surface area contributed by atoms with Gasteiger partial charge < -0.3 is 15.3 Å². The molecule has 0 aliphatic carbocycles. The molecule has 0 spiro atoms. The molecule has 1 aromatic rings. The van der Waals surface area contributed by atoms with Crippen molar-refractivity contribution in [3.05, 3.63) is 29.3 Å². The highest BCUT2D eigenvalue weighted by atomic mass is 16.4. The molecule has 0 bridgehead atoms. The number of carbonyl (C=O) groups excluding carboxylic acids is 1. The van der Waals surface area contributed by atoms with Crippen LogP contribution in [0.15, 0.2) is 18.2 Å². The zero-order valence-corrected chi connectivity index (χ0v) is 12.6. The number of carbonyl (C=O) groups is 2. The number of hydrogen-bond donors (Lipinski definition) is 2. The molecular formula is C16H22N2O3. The van der Waals surface area contributed by atoms with E-state index >= 15 is 0 Å². The van der Waals surface area contributed by atoms with Crippen molar-refractivity contribution in [3.8, 4) is 0 Å². The van der Waals surface area contributed by atoms with Crippen LogP contribution in [0, 0.1) is 0 Å². The predicted molar refractivity (Wildman–Crippen MR) is 81.8 cm³/mol. The highest BCUT2D eigenvalue weighted by Crippen LogP contribution is 2.28. The lowest BCUT2D eigenvalue weighted by Crippen LogP contribution is -2.36. The van der Waals surface area contributed by atoms with Crippen LogP contribution in [0.1, 0.15) is 42.6 Å². The summed E-state index contributed by atoms with van der Waals surface area (Å²) in [5.74, 6) is -0.842. The predicted octanol–water partition coefficient (Wildman–Crippen LogP) is 2.05. The second-order valence-electron chi connectivity index (χ2n) is 5.71. The van der Waals surface area contributed by atoms with E-state index in [0.717, 1.165) is 30.6 Å². The van der Waals surface area contributed by atoms with Crippen molar-refractivity contribution in [2.45, 2.75) is 39.2 Å². The summed E-state index contributed by atoms with van der Waals surface area (Å²) in [6, 6.07) is 5.40. The van der Waals surface area contributed by atoms with Crippen LogP contribution >= 0.6 is 0 Å². The van der Waals surface area contributed by atoms with Crippen LogP contribution in [-0.4, -0.2) is 36.1 Å². The number of nitrogens with zero attached hydrogens (tertiary/aromatic N) is 1. The fraction of sp³-hybridized carbons (Fsp3) is 0.500. The maximum Gasteiger partial charge on any atom is 0.335 e. The van der Waals surface area contributed by atoms with Crippen LogP contribution in [0.4, 0.5) is 5.69 Å². The monoisotopic (exact) mass is 290 g/mol. The zero-order chi connectivity index (χ0) is 15.4. The molecule has 5 nitrogen and oxygen atoms in total. The smallest absolute Gasteiger partial charge is 0.335 e. The minimum Gasteiger partial charge on any atom is -0.478 e. The molecule has 1 aliphatic rings. The first kappa shape index (κ1) is 15.4. The number of hydrogen-bond acceptors (Lipinski definition) is 3. The van der Waals surface area contributed by atoms with Crippen LogP contribution < -0.4 is 10.2 Å². The van der Waals surface area contributed by atoms with Crippen LogP contribution in [0.3, 0.4) is 0 Å². The zero-order valence-electron chi connectivity index (χ0n) is 12.6. The molecular weight excluding hydrogens is 268 g/mol. The molecule has 1 heterocycles. The van der Waals surface area contributed by atoms with Crippen molar-refractivity contribution in [1.82, 2.24) is 5.32 Å². The van der Waals surface area contributed by atoms with Crippen LogP contribution in [-0.2, 0) is 11.2 Å². The topological polar surface area (TPSA) is 69.6 Å². The van der Waals surface area contributed by atoms with Crippen LogP contribution in [0.25, 0.3) is 0 Å². The lowest BCUT2D eigenvalue weighted by atomic mass is 9.99. The summed E-state index contributed by atoms with van der Waals surface area (Å²) in [4.78, 5) is 24.9. The Morgan fingerprint density at radius 1 is 1.38 bits per heavy atom. The van der Waals surface area contributed by atoms with Crippen molar-refractivity contribution in [2.24, 2.45) is 0 Å². The minimum atomic E-state index is -0.897. The first-order chi connectivity index (χ1) is 9.97. The van der Waals surface area contributed by atoms with E-state index in [1.54, 1.807) is 12.1 Å². The summed E-state index contributed by atoms with van der Waals surface area (Å²) < 4.78 is 0. The van der Waals surface area contributed by atoms with Crippen molar-refractivity contribution >= 4 is 17.6 Å². The van der Waals surface area contributed by atoms with E-state index in [1.807, 2.05) is 19.9 Å². The van der Waals surface area contributed by atoms with Gasteiger partial charge in [0.25, 0.3) is 0 Å². The highest BCUT2D eigenvalue weighted by Gasteiger charge is 2.19. The molecule has 0 aromatic heterocycles. The van der Waals surface area contributed by atoms with Crippen molar-refractivity contribution in [1.29, 1.82) is 0 Å². The molecule has 21 heavy (non-hydrogen) atoms. The van der Waals surface area contributed by atoms with Gasteiger partial charge in [-0.05, 0) is 50.5 Å². The maximum absolute atomic E-state index is 11.7. The van der Waals surface area contributed by atoms with Crippen molar-refractivity contribution in [3.63, 3.8) is 0 Å². The summed E-state index contributed by atoms with van der Waals surface area (Å²) in [6.07, 6.45) is 2.34. The van der Waals surface area contributed by atoms with Gasteiger partial charge in [0, 0.05) is 31.2 Å². The van der Waals surface area contributed by atoms with Crippen molar-refractivity contribution < 1.29 is 14.7 Å².